The molecule has 4 nitrogen and oxygen atoms in total. The first kappa shape index (κ1) is 14.1. The number of rotatable bonds is 4. The molecular formula is C15H13ClN2O2. The molecule has 1 heterocycles. The number of nitrogens with one attached hydrogen (secondary N) is 1. The van der Waals surface area contributed by atoms with Crippen LogP contribution in [0.4, 0.5) is 0 Å². The highest BCUT2D eigenvalue weighted by Gasteiger charge is 2.08. The zero-order valence-corrected chi connectivity index (χ0v) is 11.4. The van der Waals surface area contributed by atoms with Crippen molar-refractivity contribution < 1.29 is 9.90 Å². The van der Waals surface area contributed by atoms with Gasteiger partial charge in [0.15, 0.2) is 0 Å². The maximum Gasteiger partial charge on any atom is 0.270 e. The molecule has 0 radical (unpaired) electrons. The first-order valence-electron chi connectivity index (χ1n) is 5.93. The van der Waals surface area contributed by atoms with E-state index >= 15 is 0 Å². The van der Waals surface area contributed by atoms with Gasteiger partial charge in [0, 0.05) is 11.2 Å². The maximum absolute atomic E-state index is 11.8. The van der Waals surface area contributed by atoms with Gasteiger partial charge >= 0.3 is 0 Å². The summed E-state index contributed by atoms with van der Waals surface area (Å²) in [5, 5.41) is 12.1. The maximum atomic E-state index is 11.8. The smallest absolute Gasteiger partial charge is 0.270 e. The van der Waals surface area contributed by atoms with Gasteiger partial charge in [-0.05, 0) is 35.4 Å². The van der Waals surface area contributed by atoms with E-state index in [9.17, 15) is 4.79 Å². The van der Waals surface area contributed by atoms with Gasteiger partial charge in [0.05, 0.1) is 6.54 Å². The molecule has 0 aliphatic carbocycles. The Morgan fingerprint density at radius 1 is 1.30 bits per heavy atom. The summed E-state index contributed by atoms with van der Waals surface area (Å²) in [6, 6.07) is 10.8. The molecule has 20 heavy (non-hydrogen) atoms. The second-order valence-corrected chi connectivity index (χ2v) is 4.63. The fraction of sp³-hybridized carbons (Fsp3) is 0.0667. The van der Waals surface area contributed by atoms with Crippen LogP contribution in [0, 0.1) is 0 Å². The summed E-state index contributed by atoms with van der Waals surface area (Å²) in [5.41, 5.74) is 2.01. The first-order chi connectivity index (χ1) is 9.56. The highest BCUT2D eigenvalue weighted by atomic mass is 35.5. The lowest BCUT2D eigenvalue weighted by molar-refractivity contribution is 0.0947. The number of nitrogens with zero attached hydrogens (tertiary/aromatic N) is 1. The van der Waals surface area contributed by atoms with Gasteiger partial charge in [0.1, 0.15) is 11.5 Å². The van der Waals surface area contributed by atoms with Crippen LogP contribution in [0.1, 0.15) is 10.5 Å². The van der Waals surface area contributed by atoms with Crippen molar-refractivity contribution in [2.45, 2.75) is 0 Å². The van der Waals surface area contributed by atoms with E-state index in [0.717, 1.165) is 11.1 Å². The number of aromatic nitrogens is 1. The third-order valence-electron chi connectivity index (χ3n) is 2.60. The molecule has 0 spiro atoms. The molecule has 0 saturated carbocycles. The van der Waals surface area contributed by atoms with Crippen LogP contribution in [0.2, 0.25) is 5.02 Å². The van der Waals surface area contributed by atoms with Crippen LogP contribution in [-0.4, -0.2) is 22.5 Å². The number of aliphatic hydroxyl groups is 1. The summed E-state index contributed by atoms with van der Waals surface area (Å²) in [4.78, 5) is 15.9. The molecular weight excluding hydrogens is 276 g/mol. The predicted molar refractivity (Wildman–Crippen MR) is 78.8 cm³/mol. The van der Waals surface area contributed by atoms with Crippen molar-refractivity contribution in [2.75, 3.05) is 6.54 Å². The van der Waals surface area contributed by atoms with Crippen molar-refractivity contribution in [1.29, 1.82) is 0 Å². The first-order valence-corrected chi connectivity index (χ1v) is 6.31. The quantitative estimate of drug-likeness (QED) is 0.849. The van der Waals surface area contributed by atoms with Crippen molar-refractivity contribution in [3.05, 3.63) is 65.6 Å². The Hall–Kier alpha value is -2.33. The third kappa shape index (κ3) is 3.59. The van der Waals surface area contributed by atoms with Gasteiger partial charge in [-0.2, -0.15) is 0 Å². The molecule has 1 amide bonds. The SMILES string of the molecule is C=C(O)CNC(=O)c1cc(-c2cccc(Cl)c2)ccn1. The highest BCUT2D eigenvalue weighted by molar-refractivity contribution is 6.30. The topological polar surface area (TPSA) is 62.2 Å². The van der Waals surface area contributed by atoms with Crippen LogP contribution >= 0.6 is 11.6 Å². The predicted octanol–water partition coefficient (Wildman–Crippen LogP) is 3.20. The zero-order chi connectivity index (χ0) is 14.5. The minimum atomic E-state index is -0.371. The Kier molecular flexibility index (Phi) is 4.38. The number of halogens is 1. The van der Waals surface area contributed by atoms with Gasteiger partial charge in [-0.25, -0.2) is 0 Å². The lowest BCUT2D eigenvalue weighted by Crippen LogP contribution is -2.26. The molecule has 2 N–H and O–H groups in total. The molecule has 0 bridgehead atoms. The van der Waals surface area contributed by atoms with Gasteiger partial charge in [-0.3, -0.25) is 9.78 Å². The second kappa shape index (κ2) is 6.21. The average molecular weight is 289 g/mol. The van der Waals surface area contributed by atoms with Crippen LogP contribution in [0.3, 0.4) is 0 Å². The average Bonchev–Trinajstić information content (AvgIpc) is 2.45. The molecule has 0 aliphatic rings. The van der Waals surface area contributed by atoms with Crippen molar-refractivity contribution in [2.24, 2.45) is 0 Å². The fourth-order valence-electron chi connectivity index (χ4n) is 1.68. The minimum absolute atomic E-state index is 0.00189. The number of hydrogen-bond acceptors (Lipinski definition) is 3. The van der Waals surface area contributed by atoms with E-state index < -0.39 is 0 Å². The second-order valence-electron chi connectivity index (χ2n) is 4.19. The fourth-order valence-corrected chi connectivity index (χ4v) is 1.87. The van der Waals surface area contributed by atoms with Gasteiger partial charge in [0.2, 0.25) is 0 Å². The monoisotopic (exact) mass is 288 g/mol. The molecule has 2 rings (SSSR count). The molecule has 5 heteroatoms. The summed E-state index contributed by atoms with van der Waals surface area (Å²) < 4.78 is 0. The standard InChI is InChI=1S/C15H13ClN2O2/c1-10(19)9-18-15(20)14-8-12(5-6-17-14)11-3-2-4-13(16)7-11/h2-8,19H,1,9H2,(H,18,20). The van der Waals surface area contributed by atoms with E-state index in [4.69, 9.17) is 16.7 Å². The Labute approximate surface area is 121 Å². The summed E-state index contributed by atoms with van der Waals surface area (Å²) >= 11 is 5.95. The summed E-state index contributed by atoms with van der Waals surface area (Å²) in [7, 11) is 0. The van der Waals surface area contributed by atoms with Gasteiger partial charge in [-0.15, -0.1) is 0 Å². The molecule has 0 aliphatic heterocycles. The van der Waals surface area contributed by atoms with Crippen LogP contribution in [-0.2, 0) is 0 Å². The van der Waals surface area contributed by atoms with Gasteiger partial charge < -0.3 is 10.4 Å². The zero-order valence-electron chi connectivity index (χ0n) is 10.6. The molecule has 1 aromatic carbocycles. The van der Waals surface area contributed by atoms with Gasteiger partial charge in [0.25, 0.3) is 5.91 Å². The lowest BCUT2D eigenvalue weighted by Gasteiger charge is -2.06. The van der Waals surface area contributed by atoms with Crippen LogP contribution < -0.4 is 5.32 Å². The van der Waals surface area contributed by atoms with E-state index in [1.807, 2.05) is 18.2 Å². The lowest BCUT2D eigenvalue weighted by atomic mass is 10.1. The normalized spacial score (nSPS) is 10.1. The minimum Gasteiger partial charge on any atom is -0.511 e. The molecule has 2 aromatic rings. The van der Waals surface area contributed by atoms with Crippen molar-refractivity contribution in [3.63, 3.8) is 0 Å². The molecule has 0 fully saturated rings. The Morgan fingerprint density at radius 3 is 2.75 bits per heavy atom. The van der Waals surface area contributed by atoms with E-state index in [1.54, 1.807) is 24.4 Å². The molecule has 0 saturated heterocycles. The van der Waals surface area contributed by atoms with E-state index in [-0.39, 0.29) is 23.9 Å². The number of aliphatic hydroxyl groups excluding tert-OH is 1. The summed E-state index contributed by atoms with van der Waals surface area (Å²) in [6.45, 7) is 3.30. The number of pyridine rings is 1. The van der Waals surface area contributed by atoms with Crippen molar-refractivity contribution >= 4 is 17.5 Å². The molecule has 0 atom stereocenters. The summed E-state index contributed by atoms with van der Waals surface area (Å²) in [6.07, 6.45) is 1.55. The Bertz CT molecular complexity index is 656. The molecule has 0 unspecified atom stereocenters. The van der Waals surface area contributed by atoms with E-state index in [1.165, 1.54) is 0 Å². The highest BCUT2D eigenvalue weighted by Crippen LogP contribution is 2.22. The number of amides is 1. The third-order valence-corrected chi connectivity index (χ3v) is 2.84. The molecule has 102 valence electrons. The number of hydrogen-bond donors (Lipinski definition) is 2. The van der Waals surface area contributed by atoms with Crippen molar-refractivity contribution in [1.82, 2.24) is 10.3 Å². The number of benzene rings is 1. The van der Waals surface area contributed by atoms with Gasteiger partial charge in [-0.1, -0.05) is 30.3 Å². The van der Waals surface area contributed by atoms with Crippen LogP contribution in [0.25, 0.3) is 11.1 Å². The summed E-state index contributed by atoms with van der Waals surface area (Å²) in [5.74, 6) is -0.478. The van der Waals surface area contributed by atoms with E-state index in [0.29, 0.717) is 5.02 Å². The van der Waals surface area contributed by atoms with Crippen molar-refractivity contribution in [3.8, 4) is 11.1 Å². The largest absolute Gasteiger partial charge is 0.511 e. The van der Waals surface area contributed by atoms with Crippen LogP contribution in [0.15, 0.2) is 54.9 Å². The number of carbonyl (C=O) groups excluding carboxylic acids is 1. The number of carbonyl (C=O) groups is 1. The molecule has 1 aromatic heterocycles. The van der Waals surface area contributed by atoms with Crippen LogP contribution in [0.5, 0.6) is 0 Å². The van der Waals surface area contributed by atoms with E-state index in [2.05, 4.69) is 16.9 Å². The Balaban J connectivity index is 2.24. The Morgan fingerprint density at radius 2 is 2.05 bits per heavy atom.